The highest BCUT2D eigenvalue weighted by Gasteiger charge is 2.12. The van der Waals surface area contributed by atoms with Crippen molar-refractivity contribution in [2.75, 3.05) is 12.0 Å². The van der Waals surface area contributed by atoms with E-state index in [1.54, 1.807) is 17.1 Å². The van der Waals surface area contributed by atoms with E-state index in [0.717, 1.165) is 10.5 Å². The van der Waals surface area contributed by atoms with Gasteiger partial charge in [0.25, 0.3) is 0 Å². The highest BCUT2D eigenvalue weighted by molar-refractivity contribution is 7.98. The average Bonchev–Trinajstić information content (AvgIpc) is 2.94. The number of nitrogens with one attached hydrogen (secondary N) is 1. The largest absolute Gasteiger partial charge is 0.383 e. The molecule has 0 saturated heterocycles. The first-order valence-electron chi connectivity index (χ1n) is 4.83. The van der Waals surface area contributed by atoms with Gasteiger partial charge >= 0.3 is 0 Å². The standard InChI is InChI=1S/C9H9N7S/c1-17-6-2-5(10)16(15-6)9-7-8(12-3-11-7)13-4-14-9/h2-4H,10H2,1H3,(H,11,12,13,14). The van der Waals surface area contributed by atoms with E-state index >= 15 is 0 Å². The fraction of sp³-hybridized carbons (Fsp3) is 0.111. The van der Waals surface area contributed by atoms with Gasteiger partial charge in [-0.3, -0.25) is 0 Å². The van der Waals surface area contributed by atoms with Gasteiger partial charge in [0.15, 0.2) is 11.5 Å². The Morgan fingerprint density at radius 2 is 2.24 bits per heavy atom. The quantitative estimate of drug-likeness (QED) is 0.651. The molecule has 0 aromatic carbocycles. The number of fused-ring (bicyclic) bond motifs is 1. The zero-order valence-corrected chi connectivity index (χ0v) is 9.77. The molecule has 0 fully saturated rings. The number of H-pyrrole nitrogens is 1. The molecule has 0 aliphatic rings. The van der Waals surface area contributed by atoms with Gasteiger partial charge in [-0.05, 0) is 6.26 Å². The van der Waals surface area contributed by atoms with E-state index in [1.165, 1.54) is 18.1 Å². The Morgan fingerprint density at radius 3 is 3.00 bits per heavy atom. The third-order valence-corrected chi connectivity index (χ3v) is 2.95. The van der Waals surface area contributed by atoms with Gasteiger partial charge in [0, 0.05) is 6.07 Å². The van der Waals surface area contributed by atoms with Crippen LogP contribution in [0.25, 0.3) is 17.0 Å². The molecular weight excluding hydrogens is 238 g/mol. The molecule has 3 N–H and O–H groups in total. The second-order valence-corrected chi connectivity index (χ2v) is 4.15. The smallest absolute Gasteiger partial charge is 0.184 e. The van der Waals surface area contributed by atoms with Crippen LogP contribution in [0.5, 0.6) is 0 Å². The predicted molar refractivity (Wildman–Crippen MR) is 65.0 cm³/mol. The number of hydrogen-bond acceptors (Lipinski definition) is 6. The van der Waals surface area contributed by atoms with Crippen LogP contribution in [-0.2, 0) is 0 Å². The maximum atomic E-state index is 5.90. The number of nitrogens with two attached hydrogens (primary N) is 1. The lowest BCUT2D eigenvalue weighted by Crippen LogP contribution is -2.05. The number of imidazole rings is 1. The highest BCUT2D eigenvalue weighted by Crippen LogP contribution is 2.21. The maximum Gasteiger partial charge on any atom is 0.184 e. The van der Waals surface area contributed by atoms with Gasteiger partial charge in [0.05, 0.1) is 6.33 Å². The molecule has 0 atom stereocenters. The molecule has 0 bridgehead atoms. The summed E-state index contributed by atoms with van der Waals surface area (Å²) in [6, 6.07) is 1.80. The third kappa shape index (κ3) is 1.53. The van der Waals surface area contributed by atoms with Gasteiger partial charge in [-0.2, -0.15) is 9.78 Å². The Hall–Kier alpha value is -2.09. The van der Waals surface area contributed by atoms with E-state index in [9.17, 15) is 0 Å². The molecular formula is C9H9N7S. The van der Waals surface area contributed by atoms with E-state index in [1.807, 2.05) is 6.26 Å². The molecule has 0 aliphatic heterocycles. The normalized spacial score (nSPS) is 11.1. The summed E-state index contributed by atoms with van der Waals surface area (Å²) < 4.78 is 1.58. The lowest BCUT2D eigenvalue weighted by atomic mass is 10.5. The summed E-state index contributed by atoms with van der Waals surface area (Å²) in [6.45, 7) is 0. The summed E-state index contributed by atoms with van der Waals surface area (Å²) in [5, 5.41) is 5.19. The molecule has 0 saturated carbocycles. The summed E-state index contributed by atoms with van der Waals surface area (Å²) >= 11 is 1.52. The average molecular weight is 247 g/mol. The lowest BCUT2D eigenvalue weighted by Gasteiger charge is -2.02. The number of nitrogens with zero attached hydrogens (tertiary/aromatic N) is 5. The van der Waals surface area contributed by atoms with Crippen LogP contribution in [0.2, 0.25) is 0 Å². The fourth-order valence-electron chi connectivity index (χ4n) is 1.56. The van der Waals surface area contributed by atoms with Crippen molar-refractivity contribution in [3.63, 3.8) is 0 Å². The molecule has 86 valence electrons. The van der Waals surface area contributed by atoms with Gasteiger partial charge in [0.2, 0.25) is 0 Å². The first-order valence-corrected chi connectivity index (χ1v) is 6.06. The molecule has 0 aliphatic carbocycles. The van der Waals surface area contributed by atoms with Gasteiger partial charge in [-0.25, -0.2) is 15.0 Å². The van der Waals surface area contributed by atoms with Crippen molar-refractivity contribution >= 4 is 28.7 Å². The number of anilines is 1. The topological polar surface area (TPSA) is 98.3 Å². The minimum atomic E-state index is 0.531. The van der Waals surface area contributed by atoms with Gasteiger partial charge in [-0.1, -0.05) is 0 Å². The summed E-state index contributed by atoms with van der Waals surface area (Å²) in [5.74, 6) is 1.13. The minimum Gasteiger partial charge on any atom is -0.383 e. The zero-order chi connectivity index (χ0) is 11.8. The van der Waals surface area contributed by atoms with Crippen molar-refractivity contribution in [3.8, 4) is 5.82 Å². The van der Waals surface area contributed by atoms with Gasteiger partial charge in [0.1, 0.15) is 22.7 Å². The molecule has 8 heteroatoms. The maximum absolute atomic E-state index is 5.90. The van der Waals surface area contributed by atoms with Crippen LogP contribution in [-0.4, -0.2) is 36.0 Å². The Labute approximate surface area is 100 Å². The summed E-state index contributed by atoms with van der Waals surface area (Å²) in [6.07, 6.45) is 4.95. The van der Waals surface area contributed by atoms with Crippen LogP contribution in [0.4, 0.5) is 5.82 Å². The van der Waals surface area contributed by atoms with Crippen LogP contribution < -0.4 is 5.73 Å². The Kier molecular flexibility index (Phi) is 2.22. The molecule has 3 aromatic heterocycles. The highest BCUT2D eigenvalue weighted by atomic mass is 32.2. The van der Waals surface area contributed by atoms with Gasteiger partial charge in [-0.15, -0.1) is 11.8 Å². The SMILES string of the molecule is CSc1cc(N)n(-c2ncnc3nc[nH]c23)n1. The van der Waals surface area contributed by atoms with Crippen LogP contribution in [0.1, 0.15) is 0 Å². The Balaban J connectivity index is 2.26. The van der Waals surface area contributed by atoms with Crippen molar-refractivity contribution in [2.24, 2.45) is 0 Å². The molecule has 17 heavy (non-hydrogen) atoms. The third-order valence-electron chi connectivity index (χ3n) is 2.33. The number of thioether (sulfide) groups is 1. The van der Waals surface area contributed by atoms with E-state index in [2.05, 4.69) is 25.0 Å². The predicted octanol–water partition coefficient (Wildman–Crippen LogP) is 0.843. The fourth-order valence-corrected chi connectivity index (χ4v) is 1.96. The second kappa shape index (κ2) is 3.74. The first kappa shape index (κ1) is 10.1. The van der Waals surface area contributed by atoms with E-state index in [-0.39, 0.29) is 0 Å². The minimum absolute atomic E-state index is 0.531. The number of aromatic amines is 1. The molecule has 3 rings (SSSR count). The number of rotatable bonds is 2. The second-order valence-electron chi connectivity index (χ2n) is 3.32. The Bertz CT molecular complexity index is 671. The summed E-state index contributed by atoms with van der Waals surface area (Å²) in [5.41, 5.74) is 7.21. The molecule has 0 radical (unpaired) electrons. The summed E-state index contributed by atoms with van der Waals surface area (Å²) in [7, 11) is 0. The van der Waals surface area contributed by atoms with Crippen LogP contribution >= 0.6 is 11.8 Å². The van der Waals surface area contributed by atoms with Crippen molar-refractivity contribution in [1.29, 1.82) is 0 Å². The monoisotopic (exact) mass is 247 g/mol. The molecule has 0 amide bonds. The molecule has 3 heterocycles. The summed E-state index contributed by atoms with van der Waals surface area (Å²) in [4.78, 5) is 15.3. The van der Waals surface area contributed by atoms with Crippen LogP contribution in [0.15, 0.2) is 23.7 Å². The first-order chi connectivity index (χ1) is 8.29. The van der Waals surface area contributed by atoms with Crippen LogP contribution in [0.3, 0.4) is 0 Å². The van der Waals surface area contributed by atoms with E-state index in [4.69, 9.17) is 5.73 Å². The van der Waals surface area contributed by atoms with E-state index < -0.39 is 0 Å². The van der Waals surface area contributed by atoms with Gasteiger partial charge < -0.3 is 10.7 Å². The van der Waals surface area contributed by atoms with Crippen molar-refractivity contribution in [2.45, 2.75) is 5.03 Å². The molecule has 3 aromatic rings. The van der Waals surface area contributed by atoms with Crippen molar-refractivity contribution < 1.29 is 0 Å². The Morgan fingerprint density at radius 1 is 1.35 bits per heavy atom. The van der Waals surface area contributed by atoms with Crippen molar-refractivity contribution in [1.82, 2.24) is 29.7 Å². The molecule has 0 unspecified atom stereocenters. The zero-order valence-electron chi connectivity index (χ0n) is 8.95. The van der Waals surface area contributed by atoms with Crippen LogP contribution in [0, 0.1) is 0 Å². The van der Waals surface area contributed by atoms with E-state index in [0.29, 0.717) is 17.3 Å². The number of nitrogen functional groups attached to an aromatic ring is 1. The molecule has 0 spiro atoms. The lowest BCUT2D eigenvalue weighted by molar-refractivity contribution is 0.821. The number of aromatic nitrogens is 6. The number of hydrogen-bond donors (Lipinski definition) is 2. The molecule has 7 nitrogen and oxygen atoms in total. The van der Waals surface area contributed by atoms with Crippen molar-refractivity contribution in [3.05, 3.63) is 18.7 Å².